The molecule has 2 N–H and O–H groups in total. The van der Waals surface area contributed by atoms with Gasteiger partial charge in [0.25, 0.3) is 0 Å². The minimum atomic E-state index is -0.813. The molecular weight excluding hydrogens is 228 g/mol. The molecule has 0 aliphatic rings. The smallest absolute Gasteiger partial charge is 0.310 e. The number of benzene rings is 1. The summed E-state index contributed by atoms with van der Waals surface area (Å²) in [5, 5.41) is 11.1. The van der Waals surface area contributed by atoms with Crippen molar-refractivity contribution in [1.82, 2.24) is 9.97 Å². The van der Waals surface area contributed by atoms with E-state index in [4.69, 9.17) is 5.11 Å². The van der Waals surface area contributed by atoms with E-state index < -0.39 is 11.9 Å². The van der Waals surface area contributed by atoms with Crippen molar-refractivity contribution in [3.05, 3.63) is 42.1 Å². The molecule has 0 bridgehead atoms. The lowest BCUT2D eigenvalue weighted by molar-refractivity contribution is -0.138. The van der Waals surface area contributed by atoms with E-state index in [2.05, 4.69) is 9.97 Å². The summed E-state index contributed by atoms with van der Waals surface area (Å²) in [6.07, 6.45) is 1.73. The molecule has 1 aromatic carbocycles. The SMILES string of the molecule is CC(C(=O)O)c1ccc2[nH]c3ncccc3c2c1. The summed E-state index contributed by atoms with van der Waals surface area (Å²) in [6, 6.07) is 9.54. The van der Waals surface area contributed by atoms with Crippen molar-refractivity contribution in [2.45, 2.75) is 12.8 Å². The molecule has 0 saturated heterocycles. The van der Waals surface area contributed by atoms with Gasteiger partial charge in [0.2, 0.25) is 0 Å². The zero-order valence-electron chi connectivity index (χ0n) is 9.84. The van der Waals surface area contributed by atoms with Crippen LogP contribution in [0, 0.1) is 0 Å². The summed E-state index contributed by atoms with van der Waals surface area (Å²) >= 11 is 0. The number of pyridine rings is 1. The van der Waals surface area contributed by atoms with E-state index in [1.807, 2.05) is 30.3 Å². The van der Waals surface area contributed by atoms with E-state index >= 15 is 0 Å². The van der Waals surface area contributed by atoms with Crippen LogP contribution >= 0.6 is 0 Å². The standard InChI is InChI=1S/C14H12N2O2/c1-8(14(17)18)9-4-5-12-11(7-9)10-3-2-6-15-13(10)16-12/h2-8H,1H3,(H,15,16)(H,17,18). The molecule has 18 heavy (non-hydrogen) atoms. The lowest BCUT2D eigenvalue weighted by Gasteiger charge is -2.06. The van der Waals surface area contributed by atoms with Crippen LogP contribution in [0.1, 0.15) is 18.4 Å². The number of aromatic amines is 1. The number of nitrogens with zero attached hydrogens (tertiary/aromatic N) is 1. The van der Waals surface area contributed by atoms with Gasteiger partial charge in [0.1, 0.15) is 5.65 Å². The third-order valence-electron chi connectivity index (χ3n) is 3.27. The van der Waals surface area contributed by atoms with Crippen LogP contribution < -0.4 is 0 Å². The van der Waals surface area contributed by atoms with Gasteiger partial charge in [0.15, 0.2) is 0 Å². The monoisotopic (exact) mass is 240 g/mol. The van der Waals surface area contributed by atoms with Crippen LogP contribution in [0.3, 0.4) is 0 Å². The van der Waals surface area contributed by atoms with E-state index in [9.17, 15) is 4.79 Å². The summed E-state index contributed by atoms with van der Waals surface area (Å²) in [7, 11) is 0. The fraction of sp³-hybridized carbons (Fsp3) is 0.143. The van der Waals surface area contributed by atoms with E-state index in [-0.39, 0.29) is 0 Å². The Morgan fingerprint density at radius 2 is 2.17 bits per heavy atom. The summed E-state index contributed by atoms with van der Waals surface area (Å²) in [5.41, 5.74) is 2.61. The number of hydrogen-bond donors (Lipinski definition) is 2. The molecule has 0 fully saturated rings. The van der Waals surface area contributed by atoms with Gasteiger partial charge in [-0.1, -0.05) is 6.07 Å². The molecular formula is C14H12N2O2. The van der Waals surface area contributed by atoms with Crippen molar-refractivity contribution in [1.29, 1.82) is 0 Å². The highest BCUT2D eigenvalue weighted by molar-refractivity contribution is 6.06. The first-order chi connectivity index (χ1) is 8.66. The van der Waals surface area contributed by atoms with E-state index in [1.54, 1.807) is 13.1 Å². The average molecular weight is 240 g/mol. The van der Waals surface area contributed by atoms with Gasteiger partial charge in [-0.15, -0.1) is 0 Å². The number of carbonyl (C=O) groups is 1. The topological polar surface area (TPSA) is 66.0 Å². The quantitative estimate of drug-likeness (QED) is 0.723. The third kappa shape index (κ3) is 1.54. The predicted molar refractivity (Wildman–Crippen MR) is 69.7 cm³/mol. The third-order valence-corrected chi connectivity index (χ3v) is 3.27. The maximum absolute atomic E-state index is 11.0. The second-order valence-electron chi connectivity index (χ2n) is 4.39. The van der Waals surface area contributed by atoms with Gasteiger partial charge >= 0.3 is 5.97 Å². The molecule has 0 spiro atoms. The Labute approximate surface area is 103 Å². The second kappa shape index (κ2) is 3.84. The molecule has 90 valence electrons. The van der Waals surface area contributed by atoms with Crippen LogP contribution in [0.4, 0.5) is 0 Å². The summed E-state index contributed by atoms with van der Waals surface area (Å²) < 4.78 is 0. The predicted octanol–water partition coefficient (Wildman–Crippen LogP) is 2.90. The van der Waals surface area contributed by atoms with Crippen molar-refractivity contribution < 1.29 is 9.90 Å². The van der Waals surface area contributed by atoms with Crippen LogP contribution in [-0.2, 0) is 4.79 Å². The molecule has 4 nitrogen and oxygen atoms in total. The lowest BCUT2D eigenvalue weighted by Crippen LogP contribution is -2.06. The highest BCUT2D eigenvalue weighted by Gasteiger charge is 2.15. The maximum Gasteiger partial charge on any atom is 0.310 e. The second-order valence-corrected chi connectivity index (χ2v) is 4.39. The molecule has 3 rings (SSSR count). The molecule has 0 aliphatic carbocycles. The van der Waals surface area contributed by atoms with Gasteiger partial charge in [-0.2, -0.15) is 0 Å². The van der Waals surface area contributed by atoms with Crippen molar-refractivity contribution in [3.8, 4) is 0 Å². The van der Waals surface area contributed by atoms with E-state index in [0.29, 0.717) is 0 Å². The van der Waals surface area contributed by atoms with Gasteiger partial charge < -0.3 is 10.1 Å². The molecule has 2 aromatic heterocycles. The number of carboxylic acid groups (broad SMARTS) is 1. The first-order valence-electron chi connectivity index (χ1n) is 5.76. The van der Waals surface area contributed by atoms with Crippen molar-refractivity contribution >= 4 is 27.9 Å². The van der Waals surface area contributed by atoms with Gasteiger partial charge in [-0.3, -0.25) is 4.79 Å². The van der Waals surface area contributed by atoms with Gasteiger partial charge in [0, 0.05) is 22.5 Å². The summed E-state index contributed by atoms with van der Waals surface area (Å²) in [5.74, 6) is -1.32. The number of aliphatic carboxylic acids is 1. The van der Waals surface area contributed by atoms with Crippen molar-refractivity contribution in [2.75, 3.05) is 0 Å². The zero-order valence-corrected chi connectivity index (χ0v) is 9.84. The van der Waals surface area contributed by atoms with E-state index in [0.717, 1.165) is 27.5 Å². The lowest BCUT2D eigenvalue weighted by atomic mass is 9.99. The molecule has 0 aliphatic heterocycles. The largest absolute Gasteiger partial charge is 0.481 e. The Bertz CT molecular complexity index is 746. The van der Waals surface area contributed by atoms with Crippen LogP contribution in [0.2, 0.25) is 0 Å². The number of carboxylic acids is 1. The fourth-order valence-corrected chi connectivity index (χ4v) is 2.16. The number of hydrogen-bond acceptors (Lipinski definition) is 2. The van der Waals surface area contributed by atoms with Crippen LogP contribution in [0.5, 0.6) is 0 Å². The summed E-state index contributed by atoms with van der Waals surface area (Å²) in [6.45, 7) is 1.69. The Balaban J connectivity index is 2.27. The van der Waals surface area contributed by atoms with Crippen LogP contribution in [0.15, 0.2) is 36.5 Å². The van der Waals surface area contributed by atoms with E-state index in [1.165, 1.54) is 0 Å². The average Bonchev–Trinajstić information content (AvgIpc) is 2.75. The van der Waals surface area contributed by atoms with Gasteiger partial charge in [-0.25, -0.2) is 4.98 Å². The Morgan fingerprint density at radius 1 is 1.33 bits per heavy atom. The number of nitrogens with one attached hydrogen (secondary N) is 1. The molecule has 0 amide bonds. The normalized spacial score (nSPS) is 12.9. The minimum absolute atomic E-state index is 0.504. The molecule has 1 atom stereocenters. The molecule has 3 aromatic rings. The number of rotatable bonds is 2. The van der Waals surface area contributed by atoms with Crippen molar-refractivity contribution in [3.63, 3.8) is 0 Å². The Kier molecular flexibility index (Phi) is 2.30. The first-order valence-corrected chi connectivity index (χ1v) is 5.76. The first kappa shape index (κ1) is 10.8. The fourth-order valence-electron chi connectivity index (χ4n) is 2.16. The molecule has 0 radical (unpaired) electrons. The van der Waals surface area contributed by atoms with Crippen LogP contribution in [0.25, 0.3) is 21.9 Å². The summed E-state index contributed by atoms with van der Waals surface area (Å²) in [4.78, 5) is 18.5. The van der Waals surface area contributed by atoms with Crippen molar-refractivity contribution in [2.24, 2.45) is 0 Å². The number of H-pyrrole nitrogens is 1. The Hall–Kier alpha value is -2.36. The molecule has 2 heterocycles. The van der Waals surface area contributed by atoms with Gasteiger partial charge in [-0.05, 0) is 36.8 Å². The molecule has 4 heteroatoms. The maximum atomic E-state index is 11.0. The zero-order chi connectivity index (χ0) is 12.7. The highest BCUT2D eigenvalue weighted by Crippen LogP contribution is 2.27. The minimum Gasteiger partial charge on any atom is -0.481 e. The van der Waals surface area contributed by atoms with Gasteiger partial charge in [0.05, 0.1) is 5.92 Å². The van der Waals surface area contributed by atoms with Crippen LogP contribution in [-0.4, -0.2) is 21.0 Å². The highest BCUT2D eigenvalue weighted by atomic mass is 16.4. The number of fused-ring (bicyclic) bond motifs is 3. The Morgan fingerprint density at radius 3 is 2.94 bits per heavy atom. The number of aromatic nitrogens is 2. The molecule has 0 saturated carbocycles. The molecule has 1 unspecified atom stereocenters.